The number of aromatic nitrogens is 2. The van der Waals surface area contributed by atoms with E-state index in [4.69, 9.17) is 9.72 Å². The lowest BCUT2D eigenvalue weighted by Gasteiger charge is -2.22. The SMILES string of the molecule is CCCCN(C)C(C)c1nc2ccc(OCC)cc2[nH]1. The van der Waals surface area contributed by atoms with Crippen molar-refractivity contribution in [3.63, 3.8) is 0 Å². The van der Waals surface area contributed by atoms with Gasteiger partial charge in [0.1, 0.15) is 11.6 Å². The minimum absolute atomic E-state index is 0.296. The van der Waals surface area contributed by atoms with E-state index in [1.165, 1.54) is 12.8 Å². The zero-order valence-electron chi connectivity index (χ0n) is 12.9. The fraction of sp³-hybridized carbons (Fsp3) is 0.562. The second kappa shape index (κ2) is 6.75. The van der Waals surface area contributed by atoms with E-state index < -0.39 is 0 Å². The lowest BCUT2D eigenvalue weighted by Crippen LogP contribution is -2.24. The largest absolute Gasteiger partial charge is 0.494 e. The van der Waals surface area contributed by atoms with Crippen LogP contribution in [0.25, 0.3) is 11.0 Å². The molecular formula is C16H25N3O. The van der Waals surface area contributed by atoms with Crippen LogP contribution >= 0.6 is 0 Å². The van der Waals surface area contributed by atoms with E-state index in [1.54, 1.807) is 0 Å². The van der Waals surface area contributed by atoms with Gasteiger partial charge in [0.25, 0.3) is 0 Å². The Labute approximate surface area is 121 Å². The second-order valence-electron chi connectivity index (χ2n) is 5.24. The fourth-order valence-corrected chi connectivity index (χ4v) is 2.27. The molecule has 4 nitrogen and oxygen atoms in total. The van der Waals surface area contributed by atoms with Crippen molar-refractivity contribution in [1.82, 2.24) is 14.9 Å². The zero-order valence-corrected chi connectivity index (χ0v) is 12.9. The standard InChI is InChI=1S/C16H25N3O/c1-5-7-10-19(4)12(3)16-17-14-9-8-13(20-6-2)11-15(14)18-16/h8-9,11-12H,5-7,10H2,1-4H3,(H,17,18). The first-order chi connectivity index (χ1) is 9.65. The smallest absolute Gasteiger partial charge is 0.124 e. The van der Waals surface area contributed by atoms with Gasteiger partial charge in [-0.2, -0.15) is 0 Å². The van der Waals surface area contributed by atoms with Gasteiger partial charge in [0, 0.05) is 6.07 Å². The van der Waals surface area contributed by atoms with Crippen LogP contribution in [0.5, 0.6) is 5.75 Å². The summed E-state index contributed by atoms with van der Waals surface area (Å²) in [7, 11) is 2.15. The van der Waals surface area contributed by atoms with Gasteiger partial charge in [-0.3, -0.25) is 4.90 Å². The molecule has 0 aliphatic rings. The van der Waals surface area contributed by atoms with E-state index in [2.05, 4.69) is 30.8 Å². The molecule has 1 N–H and O–H groups in total. The maximum Gasteiger partial charge on any atom is 0.124 e. The second-order valence-corrected chi connectivity index (χ2v) is 5.24. The summed E-state index contributed by atoms with van der Waals surface area (Å²) < 4.78 is 5.53. The summed E-state index contributed by atoms with van der Waals surface area (Å²) in [6.07, 6.45) is 2.43. The van der Waals surface area contributed by atoms with Crippen molar-refractivity contribution in [3.05, 3.63) is 24.0 Å². The summed E-state index contributed by atoms with van der Waals surface area (Å²) in [5, 5.41) is 0. The quantitative estimate of drug-likeness (QED) is 0.836. The minimum Gasteiger partial charge on any atom is -0.494 e. The maximum absolute atomic E-state index is 5.53. The van der Waals surface area contributed by atoms with Crippen molar-refractivity contribution < 1.29 is 4.74 Å². The number of hydrogen-bond acceptors (Lipinski definition) is 3. The molecule has 2 aromatic rings. The van der Waals surface area contributed by atoms with Gasteiger partial charge in [-0.1, -0.05) is 13.3 Å². The van der Waals surface area contributed by atoms with E-state index in [-0.39, 0.29) is 0 Å². The predicted molar refractivity (Wildman–Crippen MR) is 83.2 cm³/mol. The monoisotopic (exact) mass is 275 g/mol. The first kappa shape index (κ1) is 14.9. The van der Waals surface area contributed by atoms with Gasteiger partial charge in [-0.15, -0.1) is 0 Å². The molecule has 0 aliphatic carbocycles. The average molecular weight is 275 g/mol. The molecule has 20 heavy (non-hydrogen) atoms. The highest BCUT2D eigenvalue weighted by atomic mass is 16.5. The molecule has 4 heteroatoms. The molecular weight excluding hydrogens is 250 g/mol. The summed E-state index contributed by atoms with van der Waals surface area (Å²) >= 11 is 0. The highest BCUT2D eigenvalue weighted by Crippen LogP contribution is 2.23. The Bertz CT molecular complexity index is 550. The molecule has 0 fully saturated rings. The highest BCUT2D eigenvalue weighted by Gasteiger charge is 2.15. The number of aromatic amines is 1. The Morgan fingerprint density at radius 3 is 2.85 bits per heavy atom. The van der Waals surface area contributed by atoms with Gasteiger partial charge in [-0.25, -0.2) is 4.98 Å². The normalized spacial score (nSPS) is 13.1. The summed E-state index contributed by atoms with van der Waals surface area (Å²) in [6.45, 7) is 8.18. The molecule has 0 saturated carbocycles. The van der Waals surface area contributed by atoms with Crippen LogP contribution in [0.4, 0.5) is 0 Å². The number of nitrogens with one attached hydrogen (secondary N) is 1. The number of unbranched alkanes of at least 4 members (excludes halogenated alkanes) is 1. The van der Waals surface area contributed by atoms with E-state index in [9.17, 15) is 0 Å². The maximum atomic E-state index is 5.53. The molecule has 0 amide bonds. The van der Waals surface area contributed by atoms with Gasteiger partial charge >= 0.3 is 0 Å². The Morgan fingerprint density at radius 2 is 2.15 bits per heavy atom. The Hall–Kier alpha value is -1.55. The lowest BCUT2D eigenvalue weighted by molar-refractivity contribution is 0.250. The summed E-state index contributed by atoms with van der Waals surface area (Å²) in [5.74, 6) is 1.91. The van der Waals surface area contributed by atoms with Crippen LogP contribution < -0.4 is 4.74 Å². The third-order valence-corrected chi connectivity index (χ3v) is 3.70. The summed E-state index contributed by atoms with van der Waals surface area (Å²) in [6, 6.07) is 6.30. The number of H-pyrrole nitrogens is 1. The van der Waals surface area contributed by atoms with Gasteiger partial charge in [0.05, 0.1) is 23.7 Å². The summed E-state index contributed by atoms with van der Waals surface area (Å²) in [5.41, 5.74) is 2.04. The third-order valence-electron chi connectivity index (χ3n) is 3.70. The van der Waals surface area contributed by atoms with Crippen LogP contribution in [-0.4, -0.2) is 35.1 Å². The number of rotatable bonds is 7. The molecule has 0 saturated heterocycles. The van der Waals surface area contributed by atoms with Gasteiger partial charge in [-0.05, 0) is 46.0 Å². The highest BCUT2D eigenvalue weighted by molar-refractivity contribution is 5.76. The first-order valence-electron chi connectivity index (χ1n) is 7.48. The van der Waals surface area contributed by atoms with Crippen LogP contribution in [0.1, 0.15) is 45.5 Å². The van der Waals surface area contributed by atoms with Gasteiger partial charge < -0.3 is 9.72 Å². The molecule has 0 bridgehead atoms. The molecule has 0 radical (unpaired) electrons. The lowest BCUT2D eigenvalue weighted by atomic mass is 10.2. The van der Waals surface area contributed by atoms with Gasteiger partial charge in [0.2, 0.25) is 0 Å². The van der Waals surface area contributed by atoms with Crippen molar-refractivity contribution in [2.75, 3.05) is 20.2 Å². The molecule has 2 rings (SSSR count). The molecule has 1 aromatic heterocycles. The number of imidazole rings is 1. The number of nitrogens with zero attached hydrogens (tertiary/aromatic N) is 2. The summed E-state index contributed by atoms with van der Waals surface area (Å²) in [4.78, 5) is 10.4. The van der Waals surface area contributed by atoms with Crippen LogP contribution in [0, 0.1) is 0 Å². The average Bonchev–Trinajstić information content (AvgIpc) is 2.87. The van der Waals surface area contributed by atoms with Crippen molar-refractivity contribution in [1.29, 1.82) is 0 Å². The Balaban J connectivity index is 2.18. The van der Waals surface area contributed by atoms with Crippen molar-refractivity contribution in [2.24, 2.45) is 0 Å². The van der Waals surface area contributed by atoms with E-state index in [1.807, 2.05) is 25.1 Å². The van der Waals surface area contributed by atoms with Crippen LogP contribution in [0.3, 0.4) is 0 Å². The predicted octanol–water partition coefficient (Wildman–Crippen LogP) is 3.75. The van der Waals surface area contributed by atoms with E-state index >= 15 is 0 Å². The number of ether oxygens (including phenoxy) is 1. The van der Waals surface area contributed by atoms with Crippen molar-refractivity contribution >= 4 is 11.0 Å². The topological polar surface area (TPSA) is 41.2 Å². The van der Waals surface area contributed by atoms with Crippen LogP contribution in [-0.2, 0) is 0 Å². The molecule has 110 valence electrons. The molecule has 1 heterocycles. The number of hydrogen-bond donors (Lipinski definition) is 1. The van der Waals surface area contributed by atoms with Crippen molar-refractivity contribution in [3.8, 4) is 5.75 Å². The zero-order chi connectivity index (χ0) is 14.5. The molecule has 1 aromatic carbocycles. The Morgan fingerprint density at radius 1 is 1.35 bits per heavy atom. The molecule has 0 aliphatic heterocycles. The van der Waals surface area contributed by atoms with Crippen molar-refractivity contribution in [2.45, 2.75) is 39.7 Å². The third kappa shape index (κ3) is 3.31. The molecule has 1 unspecified atom stereocenters. The fourth-order valence-electron chi connectivity index (χ4n) is 2.27. The van der Waals surface area contributed by atoms with Crippen LogP contribution in [0.2, 0.25) is 0 Å². The van der Waals surface area contributed by atoms with E-state index in [0.29, 0.717) is 12.6 Å². The number of benzene rings is 1. The first-order valence-corrected chi connectivity index (χ1v) is 7.48. The minimum atomic E-state index is 0.296. The molecule has 0 spiro atoms. The Kier molecular flexibility index (Phi) is 5.01. The van der Waals surface area contributed by atoms with Gasteiger partial charge in [0.15, 0.2) is 0 Å². The van der Waals surface area contributed by atoms with E-state index in [0.717, 1.165) is 29.2 Å². The number of fused-ring (bicyclic) bond motifs is 1. The van der Waals surface area contributed by atoms with Crippen LogP contribution in [0.15, 0.2) is 18.2 Å². The molecule has 1 atom stereocenters.